The molecule has 2 aromatic heterocycles. The van der Waals surface area contributed by atoms with E-state index in [0.29, 0.717) is 5.56 Å². The third-order valence-electron chi connectivity index (χ3n) is 8.70. The van der Waals surface area contributed by atoms with Crippen LogP contribution in [0.15, 0.2) is 115 Å². The van der Waals surface area contributed by atoms with E-state index in [4.69, 9.17) is 0 Å². The monoisotopic (exact) mass is 613 g/mol. The van der Waals surface area contributed by atoms with Gasteiger partial charge in [0.1, 0.15) is 5.41 Å². The fourth-order valence-corrected chi connectivity index (χ4v) is 7.23. The summed E-state index contributed by atoms with van der Waals surface area (Å²) in [7, 11) is -0.620. The zero-order chi connectivity index (χ0) is 31.9. The number of aromatic nitrogens is 2. The number of carbonyl (C=O) groups is 1. The van der Waals surface area contributed by atoms with Gasteiger partial charge in [0.2, 0.25) is 15.9 Å². The minimum absolute atomic E-state index is 0.132. The predicted molar refractivity (Wildman–Crippen MR) is 173 cm³/mol. The van der Waals surface area contributed by atoms with E-state index in [-0.39, 0.29) is 10.8 Å². The van der Waals surface area contributed by atoms with Gasteiger partial charge in [-0.1, -0.05) is 36.4 Å². The van der Waals surface area contributed by atoms with Crippen molar-refractivity contribution in [2.45, 2.75) is 30.2 Å². The van der Waals surface area contributed by atoms with Crippen molar-refractivity contribution in [1.29, 1.82) is 5.26 Å². The molecule has 5 aromatic rings. The first-order valence-electron chi connectivity index (χ1n) is 14.4. The third kappa shape index (κ3) is 4.70. The highest BCUT2D eigenvalue weighted by molar-refractivity contribution is 7.89. The van der Waals surface area contributed by atoms with E-state index < -0.39 is 21.5 Å². The summed E-state index contributed by atoms with van der Waals surface area (Å²) in [5.74, 6) is -0.132. The number of fused-ring (bicyclic) bond motifs is 1. The molecule has 224 valence electrons. The number of nitriles is 1. The first-order chi connectivity index (χ1) is 21.6. The number of pyridine rings is 2. The van der Waals surface area contributed by atoms with Crippen LogP contribution >= 0.6 is 0 Å². The average Bonchev–Trinajstić information content (AvgIpc) is 3.34. The molecule has 1 aliphatic rings. The lowest BCUT2D eigenvalue weighted by atomic mass is 9.70. The summed E-state index contributed by atoms with van der Waals surface area (Å²) in [5.41, 5.74) is 6.13. The molecule has 1 unspecified atom stereocenters. The largest absolute Gasteiger partial charge is 0.303 e. The molecule has 0 bridgehead atoms. The number of benzene rings is 3. The van der Waals surface area contributed by atoms with E-state index in [1.807, 2.05) is 67.3 Å². The standard InChI is InChI=1S/C36H31N5O3S/c1-24-32(28-7-5-26(23-37)6-8-28)13-14-33-34(24)41(25(2)27-9-11-31(12-10-27)45(43,44)40(3)4)35(42)36(33,29-15-19-38-20-16-29)30-17-21-39-22-18-30/h5-22,25H,1-4H3. The Balaban J connectivity index is 1.60. The lowest BCUT2D eigenvalue weighted by molar-refractivity contribution is -0.121. The first-order valence-corrected chi connectivity index (χ1v) is 15.9. The second kappa shape index (κ2) is 11.4. The molecular formula is C36H31N5O3S. The fraction of sp³-hybridized carbons (Fsp3) is 0.167. The van der Waals surface area contributed by atoms with Crippen molar-refractivity contribution in [3.63, 3.8) is 0 Å². The van der Waals surface area contributed by atoms with E-state index in [1.165, 1.54) is 18.4 Å². The number of amides is 1. The zero-order valence-electron chi connectivity index (χ0n) is 25.3. The molecule has 1 aliphatic heterocycles. The molecule has 0 fully saturated rings. The number of nitrogens with zero attached hydrogens (tertiary/aromatic N) is 5. The Hall–Kier alpha value is -5.17. The second-order valence-corrected chi connectivity index (χ2v) is 13.4. The van der Waals surface area contributed by atoms with Gasteiger partial charge in [0.25, 0.3) is 0 Å². The van der Waals surface area contributed by atoms with E-state index in [0.717, 1.165) is 44.6 Å². The summed E-state index contributed by atoms with van der Waals surface area (Å²) in [6, 6.07) is 27.4. The molecule has 3 heterocycles. The topological polar surface area (TPSA) is 107 Å². The van der Waals surface area contributed by atoms with Gasteiger partial charge in [0.15, 0.2) is 0 Å². The van der Waals surface area contributed by atoms with Gasteiger partial charge in [-0.05, 0) is 95.8 Å². The highest BCUT2D eigenvalue weighted by Gasteiger charge is 2.55. The maximum atomic E-state index is 15.2. The van der Waals surface area contributed by atoms with Crippen molar-refractivity contribution >= 4 is 21.6 Å². The number of sulfonamides is 1. The van der Waals surface area contributed by atoms with Crippen LogP contribution in [-0.4, -0.2) is 42.7 Å². The smallest absolute Gasteiger partial charge is 0.247 e. The summed E-state index contributed by atoms with van der Waals surface area (Å²) in [4.78, 5) is 25.7. The van der Waals surface area contributed by atoms with Gasteiger partial charge in [0, 0.05) is 44.4 Å². The number of hydrogen-bond donors (Lipinski definition) is 0. The molecule has 0 N–H and O–H groups in total. The molecule has 1 atom stereocenters. The first kappa shape index (κ1) is 29.9. The number of anilines is 1. The second-order valence-electron chi connectivity index (χ2n) is 11.3. The molecule has 0 aliphatic carbocycles. The van der Waals surface area contributed by atoms with Crippen LogP contribution < -0.4 is 4.90 Å². The lowest BCUT2D eigenvalue weighted by Crippen LogP contribution is -2.43. The summed E-state index contributed by atoms with van der Waals surface area (Å²) in [5, 5.41) is 9.34. The number of hydrogen-bond acceptors (Lipinski definition) is 6. The van der Waals surface area contributed by atoms with Crippen molar-refractivity contribution in [3.05, 3.63) is 143 Å². The van der Waals surface area contributed by atoms with E-state index >= 15 is 4.79 Å². The Kier molecular flexibility index (Phi) is 7.57. The Morgan fingerprint density at radius 1 is 0.822 bits per heavy atom. The molecule has 8 nitrogen and oxygen atoms in total. The average molecular weight is 614 g/mol. The highest BCUT2D eigenvalue weighted by atomic mass is 32.2. The Morgan fingerprint density at radius 2 is 1.38 bits per heavy atom. The fourth-order valence-electron chi connectivity index (χ4n) is 6.32. The Labute approximate surface area is 263 Å². The summed E-state index contributed by atoms with van der Waals surface area (Å²) in [6.45, 7) is 3.97. The normalized spacial score (nSPS) is 14.7. The van der Waals surface area contributed by atoms with Crippen LogP contribution in [0.1, 0.15) is 46.3 Å². The van der Waals surface area contributed by atoms with E-state index in [9.17, 15) is 13.7 Å². The van der Waals surface area contributed by atoms with Crippen molar-refractivity contribution < 1.29 is 13.2 Å². The number of rotatable bonds is 7. The molecule has 0 saturated heterocycles. The van der Waals surface area contributed by atoms with Crippen molar-refractivity contribution in [3.8, 4) is 17.2 Å². The minimum Gasteiger partial charge on any atom is -0.303 e. The van der Waals surface area contributed by atoms with Crippen LogP contribution in [0.3, 0.4) is 0 Å². The quantitative estimate of drug-likeness (QED) is 0.222. The van der Waals surface area contributed by atoms with Gasteiger partial charge in [-0.3, -0.25) is 14.8 Å². The van der Waals surface area contributed by atoms with Crippen LogP contribution in [0.2, 0.25) is 0 Å². The maximum Gasteiger partial charge on any atom is 0.247 e. The van der Waals surface area contributed by atoms with Crippen LogP contribution in [0.4, 0.5) is 5.69 Å². The van der Waals surface area contributed by atoms with Crippen LogP contribution in [0.25, 0.3) is 11.1 Å². The minimum atomic E-state index is -3.62. The number of carbonyl (C=O) groups excluding carboxylic acids is 1. The van der Waals surface area contributed by atoms with Gasteiger partial charge in [-0.2, -0.15) is 5.26 Å². The molecule has 0 saturated carbocycles. The van der Waals surface area contributed by atoms with Crippen LogP contribution in [0.5, 0.6) is 0 Å². The summed E-state index contributed by atoms with van der Waals surface area (Å²) >= 11 is 0. The van der Waals surface area contributed by atoms with E-state index in [1.54, 1.807) is 61.2 Å². The molecule has 0 radical (unpaired) electrons. The molecule has 45 heavy (non-hydrogen) atoms. The van der Waals surface area contributed by atoms with Gasteiger partial charge in [-0.15, -0.1) is 0 Å². The van der Waals surface area contributed by atoms with Crippen molar-refractivity contribution in [1.82, 2.24) is 14.3 Å². The molecular weight excluding hydrogens is 582 g/mol. The van der Waals surface area contributed by atoms with Crippen LogP contribution in [0, 0.1) is 18.3 Å². The summed E-state index contributed by atoms with van der Waals surface area (Å²) < 4.78 is 26.7. The zero-order valence-corrected chi connectivity index (χ0v) is 26.2. The van der Waals surface area contributed by atoms with Gasteiger partial charge >= 0.3 is 0 Å². The van der Waals surface area contributed by atoms with Crippen molar-refractivity contribution in [2.24, 2.45) is 0 Å². The molecule has 0 spiro atoms. The van der Waals surface area contributed by atoms with Gasteiger partial charge < -0.3 is 4.90 Å². The lowest BCUT2D eigenvalue weighted by Gasteiger charge is -2.32. The molecule has 3 aromatic carbocycles. The Bertz CT molecular complexity index is 2000. The van der Waals surface area contributed by atoms with Gasteiger partial charge in [-0.25, -0.2) is 12.7 Å². The molecule has 6 rings (SSSR count). The molecule has 1 amide bonds. The summed E-state index contributed by atoms with van der Waals surface area (Å²) in [6.07, 6.45) is 6.77. The van der Waals surface area contributed by atoms with Crippen LogP contribution in [-0.2, 0) is 20.2 Å². The third-order valence-corrected chi connectivity index (χ3v) is 10.5. The van der Waals surface area contributed by atoms with Crippen molar-refractivity contribution in [2.75, 3.05) is 19.0 Å². The Morgan fingerprint density at radius 3 is 1.89 bits per heavy atom. The maximum absolute atomic E-state index is 15.2. The van der Waals surface area contributed by atoms with Gasteiger partial charge in [0.05, 0.1) is 28.3 Å². The molecule has 9 heteroatoms. The predicted octanol–water partition coefficient (Wildman–Crippen LogP) is 6.02. The SMILES string of the molecule is Cc1c(-c2ccc(C#N)cc2)ccc2c1N(C(C)c1ccc(S(=O)(=O)N(C)C)cc1)C(=O)C2(c1ccncc1)c1ccncc1. The highest BCUT2D eigenvalue weighted by Crippen LogP contribution is 2.55. The van der Waals surface area contributed by atoms with E-state index in [2.05, 4.69) is 16.0 Å².